The summed E-state index contributed by atoms with van der Waals surface area (Å²) in [5.41, 5.74) is 1.56. The smallest absolute Gasteiger partial charge is 0.234 e. The fourth-order valence-corrected chi connectivity index (χ4v) is 2.82. The van der Waals surface area contributed by atoms with Gasteiger partial charge in [0.2, 0.25) is 5.91 Å². The van der Waals surface area contributed by atoms with Gasteiger partial charge in [-0.25, -0.2) is 9.37 Å². The molecule has 0 aliphatic carbocycles. The average molecular weight is 327 g/mol. The zero-order valence-electron chi connectivity index (χ0n) is 12.1. The SMILES string of the molecule is O=C(CSc1nccn1-c1ccc(F)cc1)Nc1ccccc1. The molecule has 0 saturated heterocycles. The van der Waals surface area contributed by atoms with Crippen molar-refractivity contribution in [3.8, 4) is 5.69 Å². The zero-order valence-corrected chi connectivity index (χ0v) is 13.0. The highest BCUT2D eigenvalue weighted by molar-refractivity contribution is 7.99. The Morgan fingerprint density at radius 1 is 1.13 bits per heavy atom. The molecule has 0 aliphatic heterocycles. The van der Waals surface area contributed by atoms with Crippen LogP contribution in [0.3, 0.4) is 0 Å². The number of nitrogens with one attached hydrogen (secondary N) is 1. The Morgan fingerprint density at radius 2 is 1.87 bits per heavy atom. The van der Waals surface area contributed by atoms with Crippen molar-refractivity contribution in [2.45, 2.75) is 5.16 Å². The number of hydrogen-bond donors (Lipinski definition) is 1. The van der Waals surface area contributed by atoms with E-state index in [0.717, 1.165) is 11.4 Å². The van der Waals surface area contributed by atoms with Crippen molar-refractivity contribution < 1.29 is 9.18 Å². The number of para-hydroxylation sites is 1. The lowest BCUT2D eigenvalue weighted by molar-refractivity contribution is -0.113. The first kappa shape index (κ1) is 15.3. The molecule has 1 heterocycles. The molecule has 0 atom stereocenters. The van der Waals surface area contributed by atoms with Gasteiger partial charge in [0, 0.05) is 23.8 Å². The van der Waals surface area contributed by atoms with Crippen molar-refractivity contribution >= 4 is 23.4 Å². The highest BCUT2D eigenvalue weighted by Crippen LogP contribution is 2.21. The van der Waals surface area contributed by atoms with Gasteiger partial charge in [-0.15, -0.1) is 0 Å². The molecule has 1 N–H and O–H groups in total. The Labute approximate surface area is 137 Å². The Morgan fingerprint density at radius 3 is 2.61 bits per heavy atom. The van der Waals surface area contributed by atoms with Gasteiger partial charge < -0.3 is 5.32 Å². The lowest BCUT2D eigenvalue weighted by Crippen LogP contribution is -2.14. The number of anilines is 1. The standard InChI is InChI=1S/C17H14FN3OS/c18-13-6-8-15(9-7-13)21-11-10-19-17(21)23-12-16(22)20-14-4-2-1-3-5-14/h1-11H,12H2,(H,20,22). The van der Waals surface area contributed by atoms with Crippen LogP contribution in [0, 0.1) is 5.82 Å². The number of carbonyl (C=O) groups is 1. The molecule has 0 radical (unpaired) electrons. The fourth-order valence-electron chi connectivity index (χ4n) is 2.04. The van der Waals surface area contributed by atoms with Gasteiger partial charge in [0.25, 0.3) is 0 Å². The van der Waals surface area contributed by atoms with Crippen LogP contribution in [0.4, 0.5) is 10.1 Å². The topological polar surface area (TPSA) is 46.9 Å². The minimum absolute atomic E-state index is 0.102. The van der Waals surface area contributed by atoms with E-state index in [1.54, 1.807) is 24.5 Å². The lowest BCUT2D eigenvalue weighted by atomic mass is 10.3. The number of halogens is 1. The van der Waals surface area contributed by atoms with Crippen LogP contribution in [-0.2, 0) is 4.79 Å². The van der Waals surface area contributed by atoms with Crippen molar-refractivity contribution in [2.75, 3.05) is 11.1 Å². The zero-order chi connectivity index (χ0) is 16.1. The number of thioether (sulfide) groups is 1. The van der Waals surface area contributed by atoms with E-state index in [9.17, 15) is 9.18 Å². The van der Waals surface area contributed by atoms with Crippen LogP contribution in [-0.4, -0.2) is 21.2 Å². The third kappa shape index (κ3) is 3.98. The van der Waals surface area contributed by atoms with Gasteiger partial charge in [-0.1, -0.05) is 30.0 Å². The van der Waals surface area contributed by atoms with E-state index in [2.05, 4.69) is 10.3 Å². The summed E-state index contributed by atoms with van der Waals surface area (Å²) in [6, 6.07) is 15.4. The maximum Gasteiger partial charge on any atom is 0.234 e. The molecule has 2 aromatic carbocycles. The third-order valence-corrected chi connectivity index (χ3v) is 4.07. The Kier molecular flexibility index (Phi) is 4.73. The molecular weight excluding hydrogens is 313 g/mol. The molecule has 116 valence electrons. The molecule has 6 heteroatoms. The van der Waals surface area contributed by atoms with E-state index in [1.807, 2.05) is 34.9 Å². The summed E-state index contributed by atoms with van der Waals surface area (Å²) >= 11 is 1.33. The first-order valence-electron chi connectivity index (χ1n) is 6.99. The van der Waals surface area contributed by atoms with E-state index >= 15 is 0 Å². The number of nitrogens with zero attached hydrogens (tertiary/aromatic N) is 2. The normalized spacial score (nSPS) is 10.5. The Bertz CT molecular complexity index is 787. The van der Waals surface area contributed by atoms with E-state index in [-0.39, 0.29) is 17.5 Å². The van der Waals surface area contributed by atoms with Gasteiger partial charge in [-0.05, 0) is 36.4 Å². The molecule has 0 saturated carbocycles. The molecule has 1 aromatic heterocycles. The van der Waals surface area contributed by atoms with Crippen LogP contribution < -0.4 is 5.32 Å². The van der Waals surface area contributed by atoms with Crippen LogP contribution in [0.25, 0.3) is 5.69 Å². The molecule has 23 heavy (non-hydrogen) atoms. The molecule has 0 unspecified atom stereocenters. The summed E-state index contributed by atoms with van der Waals surface area (Å²) < 4.78 is 14.8. The average Bonchev–Trinajstić information content (AvgIpc) is 3.03. The number of aromatic nitrogens is 2. The second-order valence-electron chi connectivity index (χ2n) is 4.76. The highest BCUT2D eigenvalue weighted by atomic mass is 32.2. The Hall–Kier alpha value is -2.60. The number of rotatable bonds is 5. The minimum Gasteiger partial charge on any atom is -0.325 e. The quantitative estimate of drug-likeness (QED) is 0.726. The van der Waals surface area contributed by atoms with Crippen molar-refractivity contribution in [3.05, 3.63) is 72.8 Å². The fraction of sp³-hybridized carbons (Fsp3) is 0.0588. The lowest BCUT2D eigenvalue weighted by Gasteiger charge is -2.08. The molecule has 0 spiro atoms. The van der Waals surface area contributed by atoms with Gasteiger partial charge in [0.1, 0.15) is 5.82 Å². The molecule has 0 fully saturated rings. The second kappa shape index (κ2) is 7.11. The maximum atomic E-state index is 13.0. The van der Waals surface area contributed by atoms with Crippen LogP contribution in [0.5, 0.6) is 0 Å². The monoisotopic (exact) mass is 327 g/mol. The molecule has 0 aliphatic rings. The van der Waals surface area contributed by atoms with Crippen molar-refractivity contribution in [1.82, 2.24) is 9.55 Å². The van der Waals surface area contributed by atoms with Crippen LogP contribution in [0.2, 0.25) is 0 Å². The maximum absolute atomic E-state index is 13.0. The number of carbonyl (C=O) groups excluding carboxylic acids is 1. The Balaban J connectivity index is 1.64. The first-order valence-corrected chi connectivity index (χ1v) is 7.98. The number of imidazole rings is 1. The number of amides is 1. The predicted octanol–water partition coefficient (Wildman–Crippen LogP) is 3.74. The number of benzene rings is 2. The second-order valence-corrected chi connectivity index (χ2v) is 5.70. The molecular formula is C17H14FN3OS. The summed E-state index contributed by atoms with van der Waals surface area (Å²) in [4.78, 5) is 16.2. The summed E-state index contributed by atoms with van der Waals surface area (Å²) in [7, 11) is 0. The third-order valence-electron chi connectivity index (χ3n) is 3.10. The van der Waals surface area contributed by atoms with Crippen LogP contribution >= 0.6 is 11.8 Å². The van der Waals surface area contributed by atoms with Gasteiger partial charge in [-0.3, -0.25) is 9.36 Å². The largest absolute Gasteiger partial charge is 0.325 e. The van der Waals surface area contributed by atoms with Gasteiger partial charge >= 0.3 is 0 Å². The number of hydrogen-bond acceptors (Lipinski definition) is 3. The van der Waals surface area contributed by atoms with E-state index in [1.165, 1.54) is 23.9 Å². The van der Waals surface area contributed by atoms with Crippen molar-refractivity contribution in [1.29, 1.82) is 0 Å². The predicted molar refractivity (Wildman–Crippen MR) is 89.3 cm³/mol. The molecule has 3 aromatic rings. The van der Waals surface area contributed by atoms with Gasteiger partial charge in [0.15, 0.2) is 5.16 Å². The molecule has 0 bridgehead atoms. The summed E-state index contributed by atoms with van der Waals surface area (Å²) in [6.45, 7) is 0. The van der Waals surface area contributed by atoms with Crippen LogP contribution in [0.1, 0.15) is 0 Å². The van der Waals surface area contributed by atoms with Crippen molar-refractivity contribution in [3.63, 3.8) is 0 Å². The highest BCUT2D eigenvalue weighted by Gasteiger charge is 2.09. The molecule has 3 rings (SSSR count). The molecule has 1 amide bonds. The first-order chi connectivity index (χ1) is 11.2. The summed E-state index contributed by atoms with van der Waals surface area (Å²) in [5, 5.41) is 3.51. The van der Waals surface area contributed by atoms with E-state index < -0.39 is 0 Å². The summed E-state index contributed by atoms with van der Waals surface area (Å²) in [6.07, 6.45) is 3.44. The van der Waals surface area contributed by atoms with Crippen molar-refractivity contribution in [2.24, 2.45) is 0 Å². The van der Waals surface area contributed by atoms with E-state index in [0.29, 0.717) is 5.16 Å². The minimum atomic E-state index is -0.287. The summed E-state index contributed by atoms with van der Waals surface area (Å²) in [5.74, 6) is -0.146. The van der Waals surface area contributed by atoms with Gasteiger partial charge in [-0.2, -0.15) is 0 Å². The van der Waals surface area contributed by atoms with Crippen LogP contribution in [0.15, 0.2) is 72.1 Å². The molecule has 4 nitrogen and oxygen atoms in total. The van der Waals surface area contributed by atoms with Gasteiger partial charge in [0.05, 0.1) is 5.75 Å². The van der Waals surface area contributed by atoms with E-state index in [4.69, 9.17) is 0 Å².